The summed E-state index contributed by atoms with van der Waals surface area (Å²) in [6.07, 6.45) is 5.17. The molecule has 21 heavy (non-hydrogen) atoms. The summed E-state index contributed by atoms with van der Waals surface area (Å²) in [6, 6.07) is 6.97. The highest BCUT2D eigenvalue weighted by molar-refractivity contribution is 5.29. The van der Waals surface area contributed by atoms with Gasteiger partial charge in [0.05, 0.1) is 13.2 Å². The molecule has 4 heteroatoms. The topological polar surface area (TPSA) is 69.9 Å². The van der Waals surface area contributed by atoms with Gasteiger partial charge >= 0.3 is 0 Å². The van der Waals surface area contributed by atoms with Gasteiger partial charge in [-0.3, -0.25) is 0 Å². The van der Waals surface area contributed by atoms with E-state index in [4.69, 9.17) is 9.84 Å². The van der Waals surface area contributed by atoms with Crippen LogP contribution in [0.1, 0.15) is 57.1 Å². The molecule has 0 spiro atoms. The smallest absolute Gasteiger partial charge is 0.119 e. The molecule has 0 saturated heterocycles. The normalized spacial score (nSPS) is 13.9. The summed E-state index contributed by atoms with van der Waals surface area (Å²) in [6.45, 7) is 2.45. The van der Waals surface area contributed by atoms with E-state index in [0.29, 0.717) is 12.2 Å². The molecule has 0 saturated carbocycles. The lowest BCUT2D eigenvalue weighted by Crippen LogP contribution is -2.21. The van der Waals surface area contributed by atoms with E-state index in [-0.39, 0.29) is 0 Å². The molecule has 0 fully saturated rings. The predicted molar refractivity (Wildman–Crippen MR) is 83.4 cm³/mol. The van der Waals surface area contributed by atoms with E-state index in [9.17, 15) is 10.2 Å². The molecule has 3 N–H and O–H groups in total. The SMILES string of the molecule is CCCCCCCCOc1ccc(C(O)C(O)CO)cc1. The zero-order valence-electron chi connectivity index (χ0n) is 12.9. The predicted octanol–water partition coefficient (Wildman–Crippen LogP) is 2.81. The van der Waals surface area contributed by atoms with Crippen LogP contribution in [0.5, 0.6) is 5.75 Å². The first-order valence-electron chi connectivity index (χ1n) is 7.88. The van der Waals surface area contributed by atoms with Gasteiger partial charge in [-0.2, -0.15) is 0 Å². The molecule has 1 aromatic carbocycles. The van der Waals surface area contributed by atoms with E-state index in [2.05, 4.69) is 6.92 Å². The number of unbranched alkanes of at least 4 members (excludes halogenated alkanes) is 5. The van der Waals surface area contributed by atoms with E-state index >= 15 is 0 Å². The third-order valence-electron chi connectivity index (χ3n) is 3.54. The van der Waals surface area contributed by atoms with E-state index in [1.165, 1.54) is 32.1 Å². The first-order valence-corrected chi connectivity index (χ1v) is 7.88. The number of hydrogen-bond acceptors (Lipinski definition) is 4. The Morgan fingerprint density at radius 1 is 0.952 bits per heavy atom. The molecule has 2 atom stereocenters. The molecule has 1 rings (SSSR count). The van der Waals surface area contributed by atoms with Crippen LogP contribution in [0.4, 0.5) is 0 Å². The van der Waals surface area contributed by atoms with Gasteiger partial charge in [-0.15, -0.1) is 0 Å². The number of benzene rings is 1. The molecule has 0 aliphatic rings. The first kappa shape index (κ1) is 18.0. The van der Waals surface area contributed by atoms with Crippen molar-refractivity contribution in [3.05, 3.63) is 29.8 Å². The summed E-state index contributed by atoms with van der Waals surface area (Å²) in [7, 11) is 0. The van der Waals surface area contributed by atoms with Gasteiger partial charge in [0.15, 0.2) is 0 Å². The fraction of sp³-hybridized carbons (Fsp3) is 0.647. The minimum atomic E-state index is -1.15. The van der Waals surface area contributed by atoms with Crippen LogP contribution in [0.2, 0.25) is 0 Å². The molecule has 0 aliphatic heterocycles. The highest BCUT2D eigenvalue weighted by Gasteiger charge is 2.16. The fourth-order valence-corrected chi connectivity index (χ4v) is 2.16. The Kier molecular flexibility index (Phi) is 9.06. The maximum absolute atomic E-state index is 9.75. The molecule has 0 bridgehead atoms. The van der Waals surface area contributed by atoms with Crippen LogP contribution >= 0.6 is 0 Å². The quantitative estimate of drug-likeness (QED) is 0.549. The monoisotopic (exact) mass is 296 g/mol. The molecule has 2 unspecified atom stereocenters. The van der Waals surface area contributed by atoms with Crippen molar-refractivity contribution in [3.8, 4) is 5.75 Å². The molecular formula is C17H28O4. The number of rotatable bonds is 11. The largest absolute Gasteiger partial charge is 0.494 e. The van der Waals surface area contributed by atoms with Gasteiger partial charge in [-0.25, -0.2) is 0 Å². The van der Waals surface area contributed by atoms with Gasteiger partial charge in [0.2, 0.25) is 0 Å². The second-order valence-electron chi connectivity index (χ2n) is 5.38. The Hall–Kier alpha value is -1.10. The fourth-order valence-electron chi connectivity index (χ4n) is 2.16. The Morgan fingerprint density at radius 3 is 2.19 bits per heavy atom. The van der Waals surface area contributed by atoms with Crippen LogP contribution in [0.3, 0.4) is 0 Å². The minimum absolute atomic E-state index is 0.461. The van der Waals surface area contributed by atoms with E-state index < -0.39 is 18.8 Å². The maximum Gasteiger partial charge on any atom is 0.119 e. The zero-order valence-corrected chi connectivity index (χ0v) is 12.9. The van der Waals surface area contributed by atoms with Crippen LogP contribution in [0.25, 0.3) is 0 Å². The summed E-state index contributed by atoms with van der Waals surface area (Å²) in [5, 5.41) is 27.9. The van der Waals surface area contributed by atoms with Crippen LogP contribution in [-0.4, -0.2) is 34.6 Å². The van der Waals surface area contributed by atoms with E-state index in [1.54, 1.807) is 24.3 Å². The summed E-state index contributed by atoms with van der Waals surface area (Å²) >= 11 is 0. The minimum Gasteiger partial charge on any atom is -0.494 e. The lowest BCUT2D eigenvalue weighted by Gasteiger charge is -2.16. The van der Waals surface area contributed by atoms with Gasteiger partial charge in [-0.05, 0) is 24.1 Å². The second kappa shape index (κ2) is 10.6. The van der Waals surface area contributed by atoms with Crippen molar-refractivity contribution in [3.63, 3.8) is 0 Å². The molecule has 0 aromatic heterocycles. The molecule has 0 amide bonds. The van der Waals surface area contributed by atoms with E-state index in [1.807, 2.05) is 0 Å². The van der Waals surface area contributed by atoms with Crippen molar-refractivity contribution in [1.29, 1.82) is 0 Å². The Bertz CT molecular complexity index is 364. The second-order valence-corrected chi connectivity index (χ2v) is 5.38. The van der Waals surface area contributed by atoms with Crippen molar-refractivity contribution >= 4 is 0 Å². The van der Waals surface area contributed by atoms with Gasteiger partial charge in [-0.1, -0.05) is 51.2 Å². The highest BCUT2D eigenvalue weighted by atomic mass is 16.5. The van der Waals surface area contributed by atoms with Crippen LogP contribution in [0, 0.1) is 0 Å². The molecule has 0 radical (unpaired) electrons. The summed E-state index contributed by atoms with van der Waals surface area (Å²) in [4.78, 5) is 0. The van der Waals surface area contributed by atoms with Crippen molar-refractivity contribution in [2.45, 2.75) is 57.7 Å². The molecular weight excluding hydrogens is 268 g/mol. The maximum atomic E-state index is 9.75. The Balaban J connectivity index is 2.25. The highest BCUT2D eigenvalue weighted by Crippen LogP contribution is 2.20. The molecule has 4 nitrogen and oxygen atoms in total. The third-order valence-corrected chi connectivity index (χ3v) is 3.54. The lowest BCUT2D eigenvalue weighted by atomic mass is 10.1. The van der Waals surface area contributed by atoms with E-state index in [0.717, 1.165) is 12.2 Å². The van der Waals surface area contributed by atoms with Gasteiger partial charge < -0.3 is 20.1 Å². The first-order chi connectivity index (χ1) is 10.2. The molecule has 0 aliphatic carbocycles. The number of ether oxygens (including phenoxy) is 1. The standard InChI is InChI=1S/C17H28O4/c1-2-3-4-5-6-7-12-21-15-10-8-14(9-11-15)17(20)16(19)13-18/h8-11,16-20H,2-7,12-13H2,1H3. The van der Waals surface area contributed by atoms with Crippen LogP contribution in [-0.2, 0) is 0 Å². The van der Waals surface area contributed by atoms with Crippen LogP contribution < -0.4 is 4.74 Å². The molecule has 120 valence electrons. The third kappa shape index (κ3) is 6.93. The number of hydrogen-bond donors (Lipinski definition) is 3. The van der Waals surface area contributed by atoms with Crippen molar-refractivity contribution in [1.82, 2.24) is 0 Å². The van der Waals surface area contributed by atoms with Crippen molar-refractivity contribution in [2.24, 2.45) is 0 Å². The molecule has 1 aromatic rings. The van der Waals surface area contributed by atoms with Crippen molar-refractivity contribution in [2.75, 3.05) is 13.2 Å². The average Bonchev–Trinajstić information content (AvgIpc) is 2.53. The number of aliphatic hydroxyl groups is 3. The Labute approximate surface area is 127 Å². The summed E-state index contributed by atoms with van der Waals surface area (Å²) < 4.78 is 5.64. The van der Waals surface area contributed by atoms with Gasteiger partial charge in [0, 0.05) is 0 Å². The van der Waals surface area contributed by atoms with Gasteiger partial charge in [0.25, 0.3) is 0 Å². The summed E-state index contributed by atoms with van der Waals surface area (Å²) in [5.74, 6) is 0.762. The zero-order chi connectivity index (χ0) is 15.5. The Morgan fingerprint density at radius 2 is 1.57 bits per heavy atom. The van der Waals surface area contributed by atoms with Crippen molar-refractivity contribution < 1.29 is 20.1 Å². The summed E-state index contributed by atoms with van der Waals surface area (Å²) in [5.41, 5.74) is 0.573. The lowest BCUT2D eigenvalue weighted by molar-refractivity contribution is -0.0152. The molecule has 0 heterocycles. The average molecular weight is 296 g/mol. The van der Waals surface area contributed by atoms with Crippen LogP contribution in [0.15, 0.2) is 24.3 Å². The van der Waals surface area contributed by atoms with Gasteiger partial charge in [0.1, 0.15) is 18.0 Å². The number of aliphatic hydroxyl groups excluding tert-OH is 3.